The minimum Gasteiger partial charge on any atom is -0.490 e. The molecule has 4 rings (SSSR count). The molecule has 2 aromatic carbocycles. The third-order valence-corrected chi connectivity index (χ3v) is 7.48. The predicted octanol–water partition coefficient (Wildman–Crippen LogP) is -2.58. The highest BCUT2D eigenvalue weighted by molar-refractivity contribution is 6.55. The molecule has 1 atom stereocenters. The van der Waals surface area contributed by atoms with Gasteiger partial charge in [-0.15, -0.1) is 0 Å². The molecule has 0 bridgehead atoms. The second kappa shape index (κ2) is 9.24. The first-order valence-corrected chi connectivity index (χ1v) is 12.4. The molecule has 0 unspecified atom stereocenters. The van der Waals surface area contributed by atoms with Gasteiger partial charge < -0.3 is 19.7 Å². The predicted molar refractivity (Wildman–Crippen MR) is 157 cm³/mol. The Morgan fingerprint density at radius 3 is 2.58 bits per heavy atom. The molecule has 7 nitrogen and oxygen atoms in total. The van der Waals surface area contributed by atoms with Crippen molar-refractivity contribution in [2.75, 3.05) is 6.54 Å². The zero-order valence-electron chi connectivity index (χ0n) is 22.4. The molecule has 0 saturated heterocycles. The van der Waals surface area contributed by atoms with E-state index in [9.17, 15) is 10.4 Å². The molecular weight excluding hydrogens is 445 g/mol. The standard InChI is InChI=1S/C23H30B6N4O3/c1-11(2)35-16-7-6-12(8-13(16)9-30)20-32-19(33-36-20)15-5-3-4-14-17(15)22(26,27)23(28,29)18(14)31-10-21(24,25)34/h3-8,11,18,31,34H,10,24-29H2,1-2H3/t18-/m1/s1. The van der Waals surface area contributed by atoms with Gasteiger partial charge in [-0.05, 0) is 43.2 Å². The lowest BCUT2D eigenvalue weighted by Gasteiger charge is -2.41. The highest BCUT2D eigenvalue weighted by Gasteiger charge is 2.52. The summed E-state index contributed by atoms with van der Waals surface area (Å²) >= 11 is 0. The van der Waals surface area contributed by atoms with Gasteiger partial charge in [-0.25, -0.2) is 0 Å². The lowest BCUT2D eigenvalue weighted by Crippen LogP contribution is -2.48. The molecular formula is C23H30B6N4O3. The maximum Gasteiger partial charge on any atom is 0.258 e. The van der Waals surface area contributed by atoms with Gasteiger partial charge in [0.15, 0.2) is 0 Å². The molecule has 13 heteroatoms. The Balaban J connectivity index is 1.75. The fourth-order valence-corrected chi connectivity index (χ4v) is 5.04. The lowest BCUT2D eigenvalue weighted by atomic mass is 9.29. The van der Waals surface area contributed by atoms with Crippen molar-refractivity contribution in [2.24, 2.45) is 0 Å². The van der Waals surface area contributed by atoms with Crippen LogP contribution < -0.4 is 10.1 Å². The molecule has 0 amide bonds. The van der Waals surface area contributed by atoms with Crippen LogP contribution in [0.25, 0.3) is 22.8 Å². The van der Waals surface area contributed by atoms with Crippen molar-refractivity contribution in [1.29, 1.82) is 5.26 Å². The maximum atomic E-state index is 10.3. The second-order valence-electron chi connectivity index (χ2n) is 11.7. The van der Waals surface area contributed by atoms with Crippen molar-refractivity contribution < 1.29 is 14.4 Å². The van der Waals surface area contributed by atoms with Gasteiger partial charge in [-0.1, -0.05) is 33.8 Å². The number of aliphatic hydroxyl groups is 1. The van der Waals surface area contributed by atoms with Crippen LogP contribution in [-0.2, 0) is 5.21 Å². The molecule has 36 heavy (non-hydrogen) atoms. The third-order valence-electron chi connectivity index (χ3n) is 7.48. The number of benzene rings is 2. The molecule has 2 N–H and O–H groups in total. The molecule has 178 valence electrons. The van der Waals surface area contributed by atoms with Gasteiger partial charge in [0, 0.05) is 29.1 Å². The number of nitrogens with zero attached hydrogens (tertiary/aromatic N) is 3. The zero-order valence-corrected chi connectivity index (χ0v) is 22.4. The summed E-state index contributed by atoms with van der Waals surface area (Å²) in [5, 5.41) is 26.7. The third kappa shape index (κ3) is 4.65. The first-order chi connectivity index (χ1) is 16.8. The first kappa shape index (κ1) is 26.2. The van der Waals surface area contributed by atoms with E-state index in [1.165, 1.54) is 11.1 Å². The smallest absolute Gasteiger partial charge is 0.258 e. The highest BCUT2D eigenvalue weighted by atomic mass is 16.5. The summed E-state index contributed by atoms with van der Waals surface area (Å²) < 4.78 is 11.4. The number of fused-ring (bicyclic) bond motifs is 1. The summed E-state index contributed by atoms with van der Waals surface area (Å²) in [4.78, 5) is 4.73. The average molecular weight is 475 g/mol. The number of nitrogens with one attached hydrogen (secondary N) is 1. The molecule has 1 aliphatic carbocycles. The topological polar surface area (TPSA) is 104 Å². The number of hydrogen-bond acceptors (Lipinski definition) is 7. The number of aromatic nitrogens is 2. The molecule has 0 radical (unpaired) electrons. The fraction of sp³-hybridized carbons (Fsp3) is 0.348. The molecule has 1 heterocycles. The Labute approximate surface area is 218 Å². The summed E-state index contributed by atoms with van der Waals surface area (Å²) in [6, 6.07) is 13.7. The Bertz CT molecular complexity index is 1330. The SMILES string of the molecule is BC(B)(O)CN[C@@H]1c2cccc(-c3noc(-c4ccc(OC(C)C)c(C#N)c4)n3)c2C(B)(B)C1(B)B. The molecule has 0 spiro atoms. The number of nitriles is 1. The summed E-state index contributed by atoms with van der Waals surface area (Å²) in [5.74, 6) is 1.39. The van der Waals surface area contributed by atoms with Crippen LogP contribution in [0.4, 0.5) is 0 Å². The summed E-state index contributed by atoms with van der Waals surface area (Å²) in [7, 11) is 12.6. The van der Waals surface area contributed by atoms with Gasteiger partial charge in [-0.3, -0.25) is 0 Å². The molecule has 0 saturated carbocycles. The van der Waals surface area contributed by atoms with Crippen LogP contribution in [0.15, 0.2) is 40.9 Å². The van der Waals surface area contributed by atoms with Crippen molar-refractivity contribution in [3.8, 4) is 34.7 Å². The van der Waals surface area contributed by atoms with Crippen LogP contribution in [0.3, 0.4) is 0 Å². The monoisotopic (exact) mass is 476 g/mol. The summed E-state index contributed by atoms with van der Waals surface area (Å²) in [5.41, 5.74) is 4.37. The zero-order chi connectivity index (χ0) is 26.5. The van der Waals surface area contributed by atoms with E-state index in [0.717, 1.165) is 5.56 Å². The molecule has 0 aliphatic heterocycles. The van der Waals surface area contributed by atoms with Crippen LogP contribution >= 0.6 is 0 Å². The van der Waals surface area contributed by atoms with Gasteiger partial charge in [0.05, 0.1) is 11.7 Å². The van der Waals surface area contributed by atoms with Gasteiger partial charge in [0.2, 0.25) is 5.82 Å². The van der Waals surface area contributed by atoms with Crippen LogP contribution in [0.1, 0.15) is 36.6 Å². The average Bonchev–Trinajstić information content (AvgIpc) is 3.32. The Kier molecular flexibility index (Phi) is 6.74. The van der Waals surface area contributed by atoms with Gasteiger partial charge in [0.25, 0.3) is 5.89 Å². The van der Waals surface area contributed by atoms with E-state index in [0.29, 0.717) is 35.1 Å². The number of rotatable bonds is 7. The Morgan fingerprint density at radius 1 is 1.22 bits per heavy atom. The van der Waals surface area contributed by atoms with Gasteiger partial charge in [-0.2, -0.15) is 10.2 Å². The number of hydrogen-bond donors (Lipinski definition) is 2. The molecule has 0 fully saturated rings. The van der Waals surface area contributed by atoms with E-state index in [4.69, 9.17) is 14.2 Å². The van der Waals surface area contributed by atoms with E-state index in [1.54, 1.807) is 12.1 Å². The van der Waals surface area contributed by atoms with Crippen molar-refractivity contribution in [3.05, 3.63) is 53.1 Å². The highest BCUT2D eigenvalue weighted by Crippen LogP contribution is 2.58. The Morgan fingerprint density at radius 2 is 1.94 bits per heavy atom. The van der Waals surface area contributed by atoms with Crippen molar-refractivity contribution in [1.82, 2.24) is 15.5 Å². The minimum atomic E-state index is -0.818. The van der Waals surface area contributed by atoms with E-state index >= 15 is 0 Å². The second-order valence-corrected chi connectivity index (χ2v) is 11.7. The maximum absolute atomic E-state index is 10.3. The van der Waals surface area contributed by atoms with E-state index in [1.807, 2.05) is 47.7 Å². The minimum absolute atomic E-state index is 0.0347. The van der Waals surface area contributed by atoms with Crippen LogP contribution in [0.2, 0.25) is 5.21 Å². The largest absolute Gasteiger partial charge is 0.490 e. The van der Waals surface area contributed by atoms with E-state index in [-0.39, 0.29) is 22.6 Å². The van der Waals surface area contributed by atoms with E-state index in [2.05, 4.69) is 54.0 Å². The lowest BCUT2D eigenvalue weighted by molar-refractivity contribution is 0.202. The van der Waals surface area contributed by atoms with Crippen molar-refractivity contribution >= 4 is 47.1 Å². The van der Waals surface area contributed by atoms with Crippen LogP contribution in [0, 0.1) is 11.3 Å². The normalized spacial score (nSPS) is 18.0. The fourth-order valence-electron chi connectivity index (χ4n) is 5.04. The number of ether oxygens (including phenoxy) is 1. The molecule has 1 aliphatic rings. The van der Waals surface area contributed by atoms with E-state index < -0.39 is 5.40 Å². The van der Waals surface area contributed by atoms with Gasteiger partial charge >= 0.3 is 0 Å². The summed E-state index contributed by atoms with van der Waals surface area (Å²) in [6.45, 7) is 4.32. The molecule has 3 aromatic rings. The Hall–Kier alpha value is -2.82. The van der Waals surface area contributed by atoms with Crippen molar-refractivity contribution in [2.45, 2.75) is 41.8 Å². The first-order valence-electron chi connectivity index (χ1n) is 12.4. The van der Waals surface area contributed by atoms with Crippen LogP contribution in [0.5, 0.6) is 5.75 Å². The summed E-state index contributed by atoms with van der Waals surface area (Å²) in [6.07, 6.45) is -0.0347. The quantitative estimate of drug-likeness (QED) is 0.362. The van der Waals surface area contributed by atoms with Crippen molar-refractivity contribution in [3.63, 3.8) is 0 Å². The van der Waals surface area contributed by atoms with Gasteiger partial charge in [0.1, 0.15) is 58.9 Å². The van der Waals surface area contributed by atoms with Crippen LogP contribution in [-0.4, -0.2) is 80.4 Å². The molecule has 1 aromatic heterocycles.